The van der Waals surface area contributed by atoms with Gasteiger partial charge in [0.1, 0.15) is 0 Å². The van der Waals surface area contributed by atoms with Crippen LogP contribution in [0.1, 0.15) is 6.42 Å². The summed E-state index contributed by atoms with van der Waals surface area (Å²) < 4.78 is 24.0. The van der Waals surface area contributed by atoms with Crippen LogP contribution in [0.25, 0.3) is 0 Å². The number of sulfonamides is 1. The molecule has 1 rings (SSSR count). The summed E-state index contributed by atoms with van der Waals surface area (Å²) in [7, 11) is -1.63. The van der Waals surface area contributed by atoms with E-state index in [1.54, 1.807) is 7.05 Å². The maximum absolute atomic E-state index is 11.3. The first-order valence-electron chi connectivity index (χ1n) is 4.66. The molecule has 0 saturated carbocycles. The van der Waals surface area contributed by atoms with Crippen molar-refractivity contribution < 1.29 is 13.2 Å². The van der Waals surface area contributed by atoms with Gasteiger partial charge in [0.05, 0.1) is 6.26 Å². The number of nitrogens with zero attached hydrogens (tertiary/aromatic N) is 2. The van der Waals surface area contributed by atoms with Crippen molar-refractivity contribution in [2.24, 2.45) is 0 Å². The largest absolute Gasteiger partial charge is 0.319 e. The first kappa shape index (κ1) is 13.8. The molecule has 0 unspecified atom stereocenters. The van der Waals surface area contributed by atoms with Gasteiger partial charge in [0.15, 0.2) is 0 Å². The Morgan fingerprint density at radius 3 is 2.59 bits per heavy atom. The van der Waals surface area contributed by atoms with E-state index in [4.69, 9.17) is 0 Å². The smallest absolute Gasteiger partial charge is 0.231 e. The lowest BCUT2D eigenvalue weighted by atomic mass is 10.4. The first-order chi connectivity index (χ1) is 7.90. The highest BCUT2D eigenvalue weighted by Crippen LogP contribution is 2.20. The minimum absolute atomic E-state index is 0.122. The van der Waals surface area contributed by atoms with Gasteiger partial charge < -0.3 is 10.6 Å². The zero-order valence-electron chi connectivity index (χ0n) is 9.35. The lowest BCUT2D eigenvalue weighted by molar-refractivity contribution is -0.116. The van der Waals surface area contributed by atoms with Crippen molar-refractivity contribution in [3.63, 3.8) is 0 Å². The van der Waals surface area contributed by atoms with Crippen molar-refractivity contribution in [2.75, 3.05) is 29.9 Å². The molecule has 3 N–H and O–H groups in total. The topological polar surface area (TPSA) is 113 Å². The highest BCUT2D eigenvalue weighted by Gasteiger charge is 2.10. The summed E-state index contributed by atoms with van der Waals surface area (Å²) in [5.74, 6) is -0.207. The molecule has 96 valence electrons. The van der Waals surface area contributed by atoms with Gasteiger partial charge in [-0.2, -0.15) is 0 Å². The maximum Gasteiger partial charge on any atom is 0.231 e. The second kappa shape index (κ2) is 5.89. The minimum Gasteiger partial charge on any atom is -0.319 e. The van der Waals surface area contributed by atoms with Crippen LogP contribution in [0, 0.1) is 0 Å². The second-order valence-electron chi connectivity index (χ2n) is 3.19. The molecule has 1 aromatic rings. The fourth-order valence-electron chi connectivity index (χ4n) is 0.894. The average molecular weight is 279 g/mol. The molecule has 0 atom stereocenters. The summed E-state index contributed by atoms with van der Waals surface area (Å²) in [4.78, 5) is 11.3. The molecule has 0 spiro atoms. The third-order valence-corrected chi connectivity index (χ3v) is 2.99. The van der Waals surface area contributed by atoms with Crippen LogP contribution < -0.4 is 15.4 Å². The molecule has 0 radical (unpaired) electrons. The summed E-state index contributed by atoms with van der Waals surface area (Å²) in [5, 5.41) is 13.0. The van der Waals surface area contributed by atoms with Crippen molar-refractivity contribution in [3.8, 4) is 0 Å². The van der Waals surface area contributed by atoms with E-state index in [2.05, 4.69) is 25.6 Å². The SMILES string of the molecule is CNCCC(=O)Nc1nnc(NS(C)(=O)=O)s1. The molecule has 0 bridgehead atoms. The predicted octanol–water partition coefficient (Wildman–Crippen LogP) is -0.542. The number of nitrogens with one attached hydrogen (secondary N) is 3. The van der Waals surface area contributed by atoms with Crippen molar-refractivity contribution in [1.29, 1.82) is 0 Å². The fraction of sp³-hybridized carbons (Fsp3) is 0.571. The molecule has 0 fully saturated rings. The molecule has 8 nitrogen and oxygen atoms in total. The molecule has 0 aliphatic rings. The molecule has 1 heterocycles. The van der Waals surface area contributed by atoms with Gasteiger partial charge in [-0.15, -0.1) is 10.2 Å². The summed E-state index contributed by atoms with van der Waals surface area (Å²) in [5.41, 5.74) is 0. The normalized spacial score (nSPS) is 11.2. The quantitative estimate of drug-likeness (QED) is 0.644. The molecule has 0 aliphatic heterocycles. The Bertz CT molecular complexity index is 483. The number of aromatic nitrogens is 2. The molecular formula is C7H13N5O3S2. The zero-order valence-corrected chi connectivity index (χ0v) is 11.0. The first-order valence-corrected chi connectivity index (χ1v) is 7.37. The standard InChI is InChI=1S/C7H13N5O3S2/c1-8-4-3-5(13)9-6-10-11-7(16-6)12-17(2,14)15/h8H,3-4H2,1-2H3,(H,11,12)(H,9,10,13). The fourth-order valence-corrected chi connectivity index (χ4v) is 2.38. The second-order valence-corrected chi connectivity index (χ2v) is 5.91. The van der Waals surface area contributed by atoms with Gasteiger partial charge in [0.25, 0.3) is 0 Å². The Kier molecular flexibility index (Phi) is 4.78. The Morgan fingerprint density at radius 1 is 1.35 bits per heavy atom. The highest BCUT2D eigenvalue weighted by molar-refractivity contribution is 7.92. The van der Waals surface area contributed by atoms with E-state index in [1.807, 2.05) is 0 Å². The number of hydrogen-bond acceptors (Lipinski definition) is 7. The van der Waals surface area contributed by atoms with Gasteiger partial charge in [-0.3, -0.25) is 9.52 Å². The van der Waals surface area contributed by atoms with Crippen LogP contribution in [0.4, 0.5) is 10.3 Å². The average Bonchev–Trinajstić information content (AvgIpc) is 2.59. The molecule has 0 saturated heterocycles. The number of amides is 1. The van der Waals surface area contributed by atoms with Crippen LogP contribution >= 0.6 is 11.3 Å². The summed E-state index contributed by atoms with van der Waals surface area (Å²) in [6.45, 7) is 0.555. The monoisotopic (exact) mass is 279 g/mol. The van der Waals surface area contributed by atoms with E-state index in [1.165, 1.54) is 0 Å². The molecule has 0 aromatic carbocycles. The van der Waals surface area contributed by atoms with Crippen molar-refractivity contribution in [3.05, 3.63) is 0 Å². The molecule has 17 heavy (non-hydrogen) atoms. The third kappa shape index (κ3) is 5.56. The Balaban J connectivity index is 2.54. The van der Waals surface area contributed by atoms with Gasteiger partial charge in [-0.25, -0.2) is 8.42 Å². The van der Waals surface area contributed by atoms with Gasteiger partial charge in [-0.1, -0.05) is 11.3 Å². The number of carbonyl (C=O) groups excluding carboxylic acids is 1. The molecule has 1 amide bonds. The van der Waals surface area contributed by atoms with Crippen LogP contribution in [0.3, 0.4) is 0 Å². The molecular weight excluding hydrogens is 266 g/mol. The summed E-state index contributed by atoms with van der Waals surface area (Å²) in [6, 6.07) is 0. The third-order valence-electron chi connectivity index (χ3n) is 1.55. The number of carbonyl (C=O) groups is 1. The zero-order chi connectivity index (χ0) is 12.9. The minimum atomic E-state index is -3.37. The van der Waals surface area contributed by atoms with E-state index >= 15 is 0 Å². The summed E-state index contributed by atoms with van der Waals surface area (Å²) >= 11 is 0.957. The Hall–Kier alpha value is -1.26. The van der Waals surface area contributed by atoms with Crippen LogP contribution in [0.15, 0.2) is 0 Å². The van der Waals surface area contributed by atoms with Crippen LogP contribution in [-0.2, 0) is 14.8 Å². The van der Waals surface area contributed by atoms with E-state index in [0.29, 0.717) is 13.0 Å². The number of anilines is 2. The van der Waals surface area contributed by atoms with Crippen LogP contribution in [-0.4, -0.2) is 44.4 Å². The van der Waals surface area contributed by atoms with Gasteiger partial charge >= 0.3 is 0 Å². The lowest BCUT2D eigenvalue weighted by Crippen LogP contribution is -2.18. The highest BCUT2D eigenvalue weighted by atomic mass is 32.2. The van der Waals surface area contributed by atoms with Gasteiger partial charge in [0, 0.05) is 13.0 Å². The van der Waals surface area contributed by atoms with E-state index in [0.717, 1.165) is 17.6 Å². The summed E-state index contributed by atoms with van der Waals surface area (Å²) in [6.07, 6.45) is 1.32. The van der Waals surface area contributed by atoms with Crippen molar-refractivity contribution in [2.45, 2.75) is 6.42 Å². The van der Waals surface area contributed by atoms with Gasteiger partial charge in [-0.05, 0) is 7.05 Å². The Morgan fingerprint density at radius 2 is 2.00 bits per heavy atom. The maximum atomic E-state index is 11.3. The molecule has 1 aromatic heterocycles. The lowest BCUT2D eigenvalue weighted by Gasteiger charge is -1.99. The van der Waals surface area contributed by atoms with Crippen molar-refractivity contribution >= 4 is 37.5 Å². The Labute approximate surface area is 103 Å². The van der Waals surface area contributed by atoms with Crippen LogP contribution in [0.5, 0.6) is 0 Å². The van der Waals surface area contributed by atoms with Crippen molar-refractivity contribution in [1.82, 2.24) is 15.5 Å². The van der Waals surface area contributed by atoms with Crippen LogP contribution in [0.2, 0.25) is 0 Å². The van der Waals surface area contributed by atoms with E-state index < -0.39 is 10.0 Å². The molecule has 10 heteroatoms. The van der Waals surface area contributed by atoms with Gasteiger partial charge in [0.2, 0.25) is 26.2 Å². The van der Waals surface area contributed by atoms with E-state index in [-0.39, 0.29) is 16.2 Å². The number of hydrogen-bond donors (Lipinski definition) is 3. The molecule has 0 aliphatic carbocycles. The predicted molar refractivity (Wildman–Crippen MR) is 65.5 cm³/mol. The van der Waals surface area contributed by atoms with E-state index in [9.17, 15) is 13.2 Å². The number of rotatable bonds is 6.